The number of halogens is 1. The Kier molecular flexibility index (Phi) is 6.49. The second-order valence-electron chi connectivity index (χ2n) is 5.77. The standard InChI is InChI=1S/C15H22ClN3O3/c1-15(2,3)22-14(21)19-8-4-7-18-13(20)10-5-6-11(16)12(17)9-10/h5-6,9H,4,7-8,17H2,1-3H3,(H,18,20)(H,19,21). The van der Waals surface area contributed by atoms with Gasteiger partial charge in [-0.3, -0.25) is 4.79 Å². The number of carbonyl (C=O) groups is 2. The van der Waals surface area contributed by atoms with E-state index in [0.29, 0.717) is 35.8 Å². The molecule has 0 aliphatic carbocycles. The minimum atomic E-state index is -0.521. The van der Waals surface area contributed by atoms with Gasteiger partial charge in [0.15, 0.2) is 0 Å². The molecule has 0 saturated heterocycles. The SMILES string of the molecule is CC(C)(C)OC(=O)NCCCNC(=O)c1ccc(Cl)c(N)c1. The molecule has 1 aromatic carbocycles. The summed E-state index contributed by atoms with van der Waals surface area (Å²) in [6, 6.07) is 4.71. The fourth-order valence-electron chi connectivity index (χ4n) is 1.58. The zero-order valence-corrected chi connectivity index (χ0v) is 13.8. The van der Waals surface area contributed by atoms with Gasteiger partial charge in [-0.1, -0.05) is 11.6 Å². The second kappa shape index (κ2) is 7.89. The number of hydrogen-bond acceptors (Lipinski definition) is 4. The van der Waals surface area contributed by atoms with Gasteiger partial charge in [-0.15, -0.1) is 0 Å². The molecular formula is C15H22ClN3O3. The summed E-state index contributed by atoms with van der Waals surface area (Å²) >= 11 is 5.80. The van der Waals surface area contributed by atoms with Crippen molar-refractivity contribution in [2.75, 3.05) is 18.8 Å². The summed E-state index contributed by atoms with van der Waals surface area (Å²) in [5, 5.41) is 5.77. The van der Waals surface area contributed by atoms with Crippen molar-refractivity contribution in [2.24, 2.45) is 0 Å². The van der Waals surface area contributed by atoms with Crippen LogP contribution in [0.15, 0.2) is 18.2 Å². The van der Waals surface area contributed by atoms with Crippen LogP contribution in [0.25, 0.3) is 0 Å². The van der Waals surface area contributed by atoms with E-state index in [4.69, 9.17) is 22.1 Å². The van der Waals surface area contributed by atoms with E-state index in [9.17, 15) is 9.59 Å². The summed E-state index contributed by atoms with van der Waals surface area (Å²) < 4.78 is 5.10. The van der Waals surface area contributed by atoms with Crippen LogP contribution in [0, 0.1) is 0 Å². The Morgan fingerprint density at radius 3 is 2.45 bits per heavy atom. The highest BCUT2D eigenvalue weighted by molar-refractivity contribution is 6.33. The van der Waals surface area contributed by atoms with E-state index in [1.54, 1.807) is 32.9 Å². The van der Waals surface area contributed by atoms with Gasteiger partial charge in [-0.05, 0) is 45.4 Å². The van der Waals surface area contributed by atoms with Gasteiger partial charge < -0.3 is 21.1 Å². The Morgan fingerprint density at radius 1 is 1.23 bits per heavy atom. The van der Waals surface area contributed by atoms with E-state index < -0.39 is 11.7 Å². The molecule has 4 N–H and O–H groups in total. The predicted octanol–water partition coefficient (Wildman–Crippen LogP) is 2.57. The van der Waals surface area contributed by atoms with Crippen molar-refractivity contribution < 1.29 is 14.3 Å². The number of nitrogen functional groups attached to an aromatic ring is 1. The van der Waals surface area contributed by atoms with Crippen LogP contribution in [0.3, 0.4) is 0 Å². The Morgan fingerprint density at radius 2 is 1.86 bits per heavy atom. The Bertz CT molecular complexity index is 541. The second-order valence-corrected chi connectivity index (χ2v) is 6.18. The summed E-state index contributed by atoms with van der Waals surface area (Å²) in [7, 11) is 0. The molecule has 7 heteroatoms. The molecule has 0 saturated carbocycles. The molecule has 0 spiro atoms. The van der Waals surface area contributed by atoms with Crippen molar-refractivity contribution in [1.82, 2.24) is 10.6 Å². The molecule has 0 heterocycles. The lowest BCUT2D eigenvalue weighted by atomic mass is 10.2. The van der Waals surface area contributed by atoms with Gasteiger partial charge in [-0.25, -0.2) is 4.79 Å². The molecule has 22 heavy (non-hydrogen) atoms. The van der Waals surface area contributed by atoms with Gasteiger partial charge in [0.2, 0.25) is 0 Å². The highest BCUT2D eigenvalue weighted by atomic mass is 35.5. The number of rotatable bonds is 5. The first-order valence-corrected chi connectivity index (χ1v) is 7.37. The van der Waals surface area contributed by atoms with Crippen molar-refractivity contribution in [2.45, 2.75) is 32.8 Å². The van der Waals surface area contributed by atoms with Crippen LogP contribution in [-0.2, 0) is 4.74 Å². The molecule has 0 aliphatic rings. The van der Waals surface area contributed by atoms with Crippen molar-refractivity contribution in [3.63, 3.8) is 0 Å². The number of amides is 2. The van der Waals surface area contributed by atoms with E-state index in [1.165, 1.54) is 6.07 Å². The quantitative estimate of drug-likeness (QED) is 0.572. The molecule has 0 bridgehead atoms. The summed E-state index contributed by atoms with van der Waals surface area (Å²) in [5.41, 5.74) is 5.93. The van der Waals surface area contributed by atoms with E-state index in [-0.39, 0.29) is 5.91 Å². The molecule has 122 valence electrons. The zero-order valence-electron chi connectivity index (χ0n) is 13.0. The maximum Gasteiger partial charge on any atom is 0.407 e. The number of carbonyl (C=O) groups excluding carboxylic acids is 2. The minimum Gasteiger partial charge on any atom is -0.444 e. The maximum absolute atomic E-state index is 11.9. The smallest absolute Gasteiger partial charge is 0.407 e. The van der Waals surface area contributed by atoms with Crippen molar-refractivity contribution >= 4 is 29.3 Å². The summed E-state index contributed by atoms with van der Waals surface area (Å²) in [6.45, 7) is 6.23. The van der Waals surface area contributed by atoms with Gasteiger partial charge >= 0.3 is 6.09 Å². The Balaban J connectivity index is 2.25. The van der Waals surface area contributed by atoms with Crippen LogP contribution in [0.4, 0.5) is 10.5 Å². The lowest BCUT2D eigenvalue weighted by Gasteiger charge is -2.19. The average Bonchev–Trinajstić information content (AvgIpc) is 2.39. The third-order valence-electron chi connectivity index (χ3n) is 2.57. The van der Waals surface area contributed by atoms with Gasteiger partial charge in [0.05, 0.1) is 10.7 Å². The number of ether oxygens (including phenoxy) is 1. The van der Waals surface area contributed by atoms with Gasteiger partial charge in [-0.2, -0.15) is 0 Å². The van der Waals surface area contributed by atoms with Crippen LogP contribution in [-0.4, -0.2) is 30.7 Å². The van der Waals surface area contributed by atoms with Gasteiger partial charge in [0.1, 0.15) is 5.60 Å². The van der Waals surface area contributed by atoms with E-state index in [0.717, 1.165) is 0 Å². The van der Waals surface area contributed by atoms with Gasteiger partial charge in [0.25, 0.3) is 5.91 Å². The summed E-state index contributed by atoms with van der Waals surface area (Å²) in [6.07, 6.45) is 0.123. The van der Waals surface area contributed by atoms with Crippen LogP contribution >= 0.6 is 11.6 Å². The molecule has 1 rings (SSSR count). The van der Waals surface area contributed by atoms with E-state index in [1.807, 2.05) is 0 Å². The topological polar surface area (TPSA) is 93.5 Å². The first kappa shape index (κ1) is 18.1. The Labute approximate surface area is 135 Å². The molecule has 0 radical (unpaired) electrons. The monoisotopic (exact) mass is 327 g/mol. The minimum absolute atomic E-state index is 0.236. The highest BCUT2D eigenvalue weighted by Crippen LogP contribution is 2.19. The number of alkyl carbamates (subject to hydrolysis) is 1. The molecule has 0 fully saturated rings. The normalized spacial score (nSPS) is 10.9. The van der Waals surface area contributed by atoms with Crippen LogP contribution in [0.1, 0.15) is 37.6 Å². The molecule has 0 unspecified atom stereocenters. The van der Waals surface area contributed by atoms with Gasteiger partial charge in [0, 0.05) is 18.7 Å². The summed E-state index contributed by atoms with van der Waals surface area (Å²) in [5.74, 6) is -0.236. The maximum atomic E-state index is 11.9. The number of benzene rings is 1. The molecule has 0 atom stereocenters. The number of hydrogen-bond donors (Lipinski definition) is 3. The predicted molar refractivity (Wildman–Crippen MR) is 87.1 cm³/mol. The number of anilines is 1. The van der Waals surface area contributed by atoms with Crippen molar-refractivity contribution in [3.8, 4) is 0 Å². The summed E-state index contributed by atoms with van der Waals surface area (Å²) in [4.78, 5) is 23.3. The fraction of sp³-hybridized carbons (Fsp3) is 0.467. The van der Waals surface area contributed by atoms with Crippen LogP contribution in [0.5, 0.6) is 0 Å². The van der Waals surface area contributed by atoms with Crippen LogP contribution in [0.2, 0.25) is 5.02 Å². The lowest BCUT2D eigenvalue weighted by molar-refractivity contribution is 0.0527. The molecule has 1 aromatic rings. The van der Waals surface area contributed by atoms with E-state index >= 15 is 0 Å². The fourth-order valence-corrected chi connectivity index (χ4v) is 1.70. The molecular weight excluding hydrogens is 306 g/mol. The molecule has 0 aliphatic heterocycles. The molecule has 0 aromatic heterocycles. The lowest BCUT2D eigenvalue weighted by Crippen LogP contribution is -2.34. The van der Waals surface area contributed by atoms with Crippen LogP contribution < -0.4 is 16.4 Å². The van der Waals surface area contributed by atoms with Crippen molar-refractivity contribution in [1.29, 1.82) is 0 Å². The number of nitrogens with one attached hydrogen (secondary N) is 2. The largest absolute Gasteiger partial charge is 0.444 e. The zero-order chi connectivity index (χ0) is 16.8. The first-order chi connectivity index (χ1) is 10.2. The first-order valence-electron chi connectivity index (χ1n) is 6.99. The third-order valence-corrected chi connectivity index (χ3v) is 2.91. The molecule has 6 nitrogen and oxygen atoms in total. The van der Waals surface area contributed by atoms with E-state index in [2.05, 4.69) is 10.6 Å². The number of nitrogens with two attached hydrogens (primary N) is 1. The molecule has 2 amide bonds. The van der Waals surface area contributed by atoms with Crippen molar-refractivity contribution in [3.05, 3.63) is 28.8 Å². The highest BCUT2D eigenvalue weighted by Gasteiger charge is 2.15. The third kappa shape index (κ3) is 6.67. The Hall–Kier alpha value is -1.95. The average molecular weight is 328 g/mol.